The second kappa shape index (κ2) is 5.36. The first kappa shape index (κ1) is 12.8. The third-order valence-electron chi connectivity index (χ3n) is 3.27. The van der Waals surface area contributed by atoms with Crippen molar-refractivity contribution in [3.05, 3.63) is 35.6 Å². The summed E-state index contributed by atoms with van der Waals surface area (Å²) in [5.74, 6) is 0.497. The van der Waals surface area contributed by atoms with Crippen LogP contribution in [0, 0.1) is 12.8 Å². The molecule has 2 aromatic rings. The molecule has 1 atom stereocenters. The molecular weight excluding hydrogens is 226 g/mol. The minimum absolute atomic E-state index is 0.0329. The van der Waals surface area contributed by atoms with Gasteiger partial charge in [-0.1, -0.05) is 25.1 Å². The average molecular weight is 245 g/mol. The van der Waals surface area contributed by atoms with Crippen molar-refractivity contribution in [3.63, 3.8) is 0 Å². The van der Waals surface area contributed by atoms with Crippen LogP contribution in [0.2, 0.25) is 0 Å². The molecule has 0 aliphatic heterocycles. The molecule has 18 heavy (non-hydrogen) atoms. The summed E-state index contributed by atoms with van der Waals surface area (Å²) in [6.45, 7) is 4.53. The summed E-state index contributed by atoms with van der Waals surface area (Å²) < 4.78 is 5.68. The molecule has 0 spiro atoms. The van der Waals surface area contributed by atoms with Crippen LogP contribution in [0.3, 0.4) is 0 Å². The molecule has 3 heteroatoms. The lowest BCUT2D eigenvalue weighted by Crippen LogP contribution is -2.12. The number of fused-ring (bicyclic) bond motifs is 1. The van der Waals surface area contributed by atoms with E-state index in [2.05, 4.69) is 0 Å². The number of hydrogen-bond acceptors (Lipinski definition) is 3. The third kappa shape index (κ3) is 2.46. The Morgan fingerprint density at radius 1 is 1.44 bits per heavy atom. The largest absolute Gasteiger partial charge is 0.453 e. The van der Waals surface area contributed by atoms with E-state index in [9.17, 15) is 4.79 Å². The monoisotopic (exact) mass is 245 g/mol. The van der Waals surface area contributed by atoms with Crippen LogP contribution in [-0.4, -0.2) is 12.3 Å². The van der Waals surface area contributed by atoms with Crippen LogP contribution in [0.1, 0.15) is 35.9 Å². The highest BCUT2D eigenvalue weighted by molar-refractivity contribution is 5.99. The molecule has 1 aromatic carbocycles. The molecule has 2 N–H and O–H groups in total. The number of benzene rings is 1. The molecule has 0 fully saturated rings. The Balaban J connectivity index is 2.25. The lowest BCUT2D eigenvalue weighted by Gasteiger charge is -2.06. The van der Waals surface area contributed by atoms with Gasteiger partial charge in [0.1, 0.15) is 5.58 Å². The molecule has 0 radical (unpaired) electrons. The Hall–Kier alpha value is -1.61. The van der Waals surface area contributed by atoms with Crippen molar-refractivity contribution >= 4 is 16.8 Å². The molecule has 0 bridgehead atoms. The van der Waals surface area contributed by atoms with Crippen LogP contribution in [-0.2, 0) is 0 Å². The summed E-state index contributed by atoms with van der Waals surface area (Å²) in [5, 5.41) is 0.990. The van der Waals surface area contributed by atoms with E-state index >= 15 is 0 Å². The first-order valence-electron chi connectivity index (χ1n) is 6.37. The lowest BCUT2D eigenvalue weighted by molar-refractivity contribution is 0.0897. The van der Waals surface area contributed by atoms with Gasteiger partial charge in [-0.3, -0.25) is 4.79 Å². The Bertz CT molecular complexity index is 557. The van der Waals surface area contributed by atoms with E-state index in [1.54, 1.807) is 0 Å². The van der Waals surface area contributed by atoms with E-state index in [1.807, 2.05) is 38.1 Å². The van der Waals surface area contributed by atoms with Gasteiger partial charge in [0, 0.05) is 11.3 Å². The quantitative estimate of drug-likeness (QED) is 0.822. The number of carbonyl (C=O) groups is 1. The van der Waals surface area contributed by atoms with Crippen molar-refractivity contribution in [2.45, 2.75) is 26.7 Å². The van der Waals surface area contributed by atoms with E-state index in [1.165, 1.54) is 0 Å². The zero-order valence-corrected chi connectivity index (χ0v) is 10.9. The fourth-order valence-corrected chi connectivity index (χ4v) is 2.13. The molecule has 0 aliphatic rings. The molecule has 1 heterocycles. The highest BCUT2D eigenvalue weighted by atomic mass is 16.3. The molecule has 0 amide bonds. The Morgan fingerprint density at radius 2 is 2.22 bits per heavy atom. The maximum atomic E-state index is 12.2. The van der Waals surface area contributed by atoms with E-state index in [4.69, 9.17) is 10.2 Å². The fourth-order valence-electron chi connectivity index (χ4n) is 2.13. The minimum Gasteiger partial charge on any atom is -0.453 e. The molecule has 96 valence electrons. The van der Waals surface area contributed by atoms with E-state index in [0.717, 1.165) is 29.4 Å². The Labute approximate surface area is 107 Å². The summed E-state index contributed by atoms with van der Waals surface area (Å²) in [6, 6.07) is 7.76. The maximum absolute atomic E-state index is 12.2. The topological polar surface area (TPSA) is 56.2 Å². The second-order valence-electron chi connectivity index (χ2n) is 4.80. The number of ketones is 1. The first-order chi connectivity index (χ1) is 8.63. The second-order valence-corrected chi connectivity index (χ2v) is 4.80. The predicted molar refractivity (Wildman–Crippen MR) is 72.7 cm³/mol. The van der Waals surface area contributed by atoms with E-state index < -0.39 is 0 Å². The summed E-state index contributed by atoms with van der Waals surface area (Å²) in [5.41, 5.74) is 7.33. The number of aryl methyl sites for hydroxylation is 1. The van der Waals surface area contributed by atoms with E-state index in [0.29, 0.717) is 12.3 Å². The molecular formula is C15H19NO2. The van der Waals surface area contributed by atoms with Gasteiger partial charge >= 0.3 is 0 Å². The van der Waals surface area contributed by atoms with Crippen LogP contribution in [0.15, 0.2) is 28.7 Å². The zero-order chi connectivity index (χ0) is 13.1. The van der Waals surface area contributed by atoms with Crippen LogP contribution in [0.5, 0.6) is 0 Å². The molecule has 0 aliphatic carbocycles. The van der Waals surface area contributed by atoms with Gasteiger partial charge in [0.15, 0.2) is 5.76 Å². The Morgan fingerprint density at radius 3 is 2.89 bits per heavy atom. The Kier molecular flexibility index (Phi) is 3.82. The number of Topliss-reactive ketones (excluding diaryl/α,β-unsaturated/α-hetero) is 1. The van der Waals surface area contributed by atoms with Gasteiger partial charge in [0.2, 0.25) is 5.78 Å². The van der Waals surface area contributed by atoms with Crippen LogP contribution >= 0.6 is 0 Å². The van der Waals surface area contributed by atoms with Gasteiger partial charge < -0.3 is 10.2 Å². The molecule has 3 nitrogen and oxygen atoms in total. The zero-order valence-electron chi connectivity index (χ0n) is 10.9. The van der Waals surface area contributed by atoms with Crippen molar-refractivity contribution < 1.29 is 9.21 Å². The van der Waals surface area contributed by atoms with Crippen molar-refractivity contribution in [1.82, 2.24) is 0 Å². The van der Waals surface area contributed by atoms with Gasteiger partial charge in [-0.2, -0.15) is 0 Å². The molecule has 1 aromatic heterocycles. The van der Waals surface area contributed by atoms with Crippen LogP contribution in [0.25, 0.3) is 11.0 Å². The third-order valence-corrected chi connectivity index (χ3v) is 3.27. The first-order valence-corrected chi connectivity index (χ1v) is 6.37. The van der Waals surface area contributed by atoms with Gasteiger partial charge in [-0.15, -0.1) is 0 Å². The van der Waals surface area contributed by atoms with Gasteiger partial charge in [-0.25, -0.2) is 0 Å². The maximum Gasteiger partial charge on any atom is 0.200 e. The van der Waals surface area contributed by atoms with Crippen molar-refractivity contribution in [1.29, 1.82) is 0 Å². The fraction of sp³-hybridized carbons (Fsp3) is 0.400. The average Bonchev–Trinajstić information content (AvgIpc) is 2.80. The molecule has 2 rings (SSSR count). The smallest absolute Gasteiger partial charge is 0.200 e. The van der Waals surface area contributed by atoms with Crippen LogP contribution in [0.4, 0.5) is 0 Å². The van der Waals surface area contributed by atoms with Gasteiger partial charge in [0.25, 0.3) is 0 Å². The van der Waals surface area contributed by atoms with E-state index in [-0.39, 0.29) is 11.7 Å². The standard InChI is InChI=1S/C15H19NO2/c1-10(6-4-8-16)14(17)13-9-12-7-3-5-11(2)15(12)18-13/h3,5,7,9-10H,4,6,8,16H2,1-2H3. The highest BCUT2D eigenvalue weighted by Crippen LogP contribution is 2.25. The van der Waals surface area contributed by atoms with Gasteiger partial charge in [0.05, 0.1) is 0 Å². The summed E-state index contributed by atoms with van der Waals surface area (Å²) in [7, 11) is 0. The van der Waals surface area contributed by atoms with Crippen molar-refractivity contribution in [2.24, 2.45) is 11.7 Å². The van der Waals surface area contributed by atoms with Crippen molar-refractivity contribution in [3.8, 4) is 0 Å². The molecule has 0 saturated heterocycles. The number of para-hydroxylation sites is 1. The number of carbonyl (C=O) groups excluding carboxylic acids is 1. The van der Waals surface area contributed by atoms with Crippen molar-refractivity contribution in [2.75, 3.05) is 6.54 Å². The highest BCUT2D eigenvalue weighted by Gasteiger charge is 2.19. The summed E-state index contributed by atoms with van der Waals surface area (Å²) >= 11 is 0. The summed E-state index contributed by atoms with van der Waals surface area (Å²) in [6.07, 6.45) is 1.68. The summed E-state index contributed by atoms with van der Waals surface area (Å²) in [4.78, 5) is 12.2. The normalized spacial score (nSPS) is 12.8. The number of furan rings is 1. The predicted octanol–water partition coefficient (Wildman–Crippen LogP) is 3.30. The molecule has 1 unspecified atom stereocenters. The molecule has 0 saturated carbocycles. The SMILES string of the molecule is Cc1cccc2cc(C(=O)C(C)CCCN)oc12. The minimum atomic E-state index is -0.0329. The number of rotatable bonds is 5. The number of hydrogen-bond donors (Lipinski definition) is 1. The van der Waals surface area contributed by atoms with Gasteiger partial charge in [-0.05, 0) is 37.9 Å². The number of nitrogens with two attached hydrogens (primary N) is 1. The van der Waals surface area contributed by atoms with Crippen LogP contribution < -0.4 is 5.73 Å². The lowest BCUT2D eigenvalue weighted by atomic mass is 9.99.